The van der Waals surface area contributed by atoms with Crippen molar-refractivity contribution in [2.75, 3.05) is 26.8 Å². The van der Waals surface area contributed by atoms with Gasteiger partial charge in [0.1, 0.15) is 0 Å². The van der Waals surface area contributed by atoms with Crippen LogP contribution in [-0.4, -0.2) is 58.3 Å². The Morgan fingerprint density at radius 3 is 2.88 bits per heavy atom. The lowest BCUT2D eigenvalue weighted by molar-refractivity contribution is 0.0732. The maximum atomic E-state index is 13.4. The summed E-state index contributed by atoms with van der Waals surface area (Å²) in [5.74, 6) is 0.286. The van der Waals surface area contributed by atoms with Crippen LogP contribution in [0.4, 0.5) is 0 Å². The fourth-order valence-electron chi connectivity index (χ4n) is 4.18. The summed E-state index contributed by atoms with van der Waals surface area (Å²) in [6.07, 6.45) is 3.43. The molecule has 4 rings (SSSR count). The molecular weight excluding hydrogens is 406 g/mol. The molecule has 0 spiro atoms. The van der Waals surface area contributed by atoms with E-state index in [1.807, 2.05) is 33.8 Å². The van der Waals surface area contributed by atoms with E-state index in [4.69, 9.17) is 4.74 Å². The number of ether oxygens (including phenoxy) is 1. The summed E-state index contributed by atoms with van der Waals surface area (Å²) in [5, 5.41) is 8.45. The van der Waals surface area contributed by atoms with E-state index in [0.717, 1.165) is 35.1 Å². The van der Waals surface area contributed by atoms with Crippen molar-refractivity contribution in [3.63, 3.8) is 0 Å². The minimum Gasteiger partial charge on any atom is -0.383 e. The number of H-pyrrole nitrogens is 1. The van der Waals surface area contributed by atoms with Gasteiger partial charge in [0.25, 0.3) is 11.8 Å². The molecule has 1 aliphatic heterocycles. The molecule has 0 atom stereocenters. The summed E-state index contributed by atoms with van der Waals surface area (Å²) in [7, 11) is 1.60. The van der Waals surface area contributed by atoms with Crippen molar-refractivity contribution in [1.29, 1.82) is 0 Å². The van der Waals surface area contributed by atoms with Crippen LogP contribution in [0.25, 0.3) is 10.9 Å². The Morgan fingerprint density at radius 2 is 2.09 bits per heavy atom. The Labute approximate surface area is 187 Å². The monoisotopic (exact) mass is 437 g/mol. The number of carbonyl (C=O) groups is 2. The zero-order valence-corrected chi connectivity index (χ0v) is 19.0. The van der Waals surface area contributed by atoms with Gasteiger partial charge in [0.05, 0.1) is 18.7 Å². The first-order valence-electron chi connectivity index (χ1n) is 11.2. The Hall–Kier alpha value is -3.13. The van der Waals surface area contributed by atoms with E-state index in [9.17, 15) is 9.59 Å². The molecule has 0 saturated heterocycles. The number of fused-ring (bicyclic) bond motifs is 2. The zero-order valence-electron chi connectivity index (χ0n) is 19.0. The Kier molecular flexibility index (Phi) is 6.60. The number of aromatic amines is 1. The first-order chi connectivity index (χ1) is 15.5. The van der Waals surface area contributed by atoms with Crippen molar-refractivity contribution >= 4 is 22.7 Å². The average molecular weight is 438 g/mol. The van der Waals surface area contributed by atoms with Crippen molar-refractivity contribution < 1.29 is 14.3 Å². The molecule has 1 aromatic carbocycles. The second-order valence-electron chi connectivity index (χ2n) is 8.65. The third-order valence-electron chi connectivity index (χ3n) is 5.97. The third kappa shape index (κ3) is 4.41. The van der Waals surface area contributed by atoms with Crippen LogP contribution in [0.1, 0.15) is 52.4 Å². The Balaban J connectivity index is 1.61. The van der Waals surface area contributed by atoms with E-state index in [-0.39, 0.29) is 11.8 Å². The lowest BCUT2D eigenvalue weighted by Gasteiger charge is -2.28. The largest absolute Gasteiger partial charge is 0.383 e. The molecule has 0 saturated carbocycles. The molecule has 3 aromatic rings. The van der Waals surface area contributed by atoms with Gasteiger partial charge in [-0.25, -0.2) is 0 Å². The highest BCUT2D eigenvalue weighted by Crippen LogP contribution is 2.27. The molecule has 0 bridgehead atoms. The number of methoxy groups -OCH3 is 1. The molecule has 2 N–H and O–H groups in total. The number of nitrogens with one attached hydrogen (secondary N) is 2. The van der Waals surface area contributed by atoms with Crippen LogP contribution in [0.3, 0.4) is 0 Å². The molecule has 0 unspecified atom stereocenters. The summed E-state index contributed by atoms with van der Waals surface area (Å²) in [6.45, 7) is 6.95. The third-order valence-corrected chi connectivity index (χ3v) is 5.97. The minimum atomic E-state index is -0.219. The predicted octanol–water partition coefficient (Wildman–Crippen LogP) is 2.99. The van der Waals surface area contributed by atoms with Crippen LogP contribution < -0.4 is 5.32 Å². The van der Waals surface area contributed by atoms with E-state index in [1.54, 1.807) is 13.3 Å². The Bertz CT molecular complexity index is 1110. The quantitative estimate of drug-likeness (QED) is 0.530. The number of hydrogen-bond donors (Lipinski definition) is 2. The molecule has 0 radical (unpaired) electrons. The van der Waals surface area contributed by atoms with Crippen LogP contribution in [0.15, 0.2) is 30.5 Å². The summed E-state index contributed by atoms with van der Waals surface area (Å²) >= 11 is 0. The standard InChI is InChI=1S/C24H31N5O3/c1-16(2)8-12-29-21-9-11-28(15-19(21)22(27-29)23(30)25-10-13-32-3)24(31)18-14-26-20-7-5-4-6-17(18)20/h4-7,14,16,26H,8-13,15H2,1-3H3,(H,25,30). The van der Waals surface area contributed by atoms with Gasteiger partial charge in [0, 0.05) is 61.5 Å². The van der Waals surface area contributed by atoms with Gasteiger partial charge in [-0.15, -0.1) is 0 Å². The van der Waals surface area contributed by atoms with E-state index < -0.39 is 0 Å². The highest BCUT2D eigenvalue weighted by molar-refractivity contribution is 6.06. The number of para-hydroxylation sites is 1. The molecule has 1 aliphatic rings. The number of aromatic nitrogens is 3. The number of hydrogen-bond acceptors (Lipinski definition) is 4. The van der Waals surface area contributed by atoms with E-state index in [1.165, 1.54) is 0 Å². The van der Waals surface area contributed by atoms with Crippen LogP contribution in [0.5, 0.6) is 0 Å². The molecule has 8 heteroatoms. The summed E-state index contributed by atoms with van der Waals surface area (Å²) in [5.41, 5.74) is 3.92. The minimum absolute atomic E-state index is 0.0335. The van der Waals surface area contributed by atoms with Gasteiger partial charge in [0.2, 0.25) is 0 Å². The molecule has 8 nitrogen and oxygen atoms in total. The Morgan fingerprint density at radius 1 is 1.28 bits per heavy atom. The molecular formula is C24H31N5O3. The lowest BCUT2D eigenvalue weighted by Crippen LogP contribution is -2.37. The predicted molar refractivity (Wildman–Crippen MR) is 123 cm³/mol. The molecule has 3 heterocycles. The highest BCUT2D eigenvalue weighted by atomic mass is 16.5. The van der Waals surface area contributed by atoms with Crippen LogP contribution in [0.2, 0.25) is 0 Å². The topological polar surface area (TPSA) is 92.2 Å². The van der Waals surface area contributed by atoms with Gasteiger partial charge < -0.3 is 19.9 Å². The second-order valence-corrected chi connectivity index (χ2v) is 8.65. The fourth-order valence-corrected chi connectivity index (χ4v) is 4.18. The van der Waals surface area contributed by atoms with Crippen molar-refractivity contribution in [2.24, 2.45) is 5.92 Å². The van der Waals surface area contributed by atoms with E-state index in [2.05, 4.69) is 29.2 Å². The van der Waals surface area contributed by atoms with Crippen molar-refractivity contribution in [3.05, 3.63) is 53.0 Å². The van der Waals surface area contributed by atoms with Gasteiger partial charge in [0.15, 0.2) is 5.69 Å². The molecule has 2 amide bonds. The zero-order chi connectivity index (χ0) is 22.7. The lowest BCUT2D eigenvalue weighted by atomic mass is 10.0. The smallest absolute Gasteiger partial charge is 0.272 e. The highest BCUT2D eigenvalue weighted by Gasteiger charge is 2.31. The van der Waals surface area contributed by atoms with E-state index >= 15 is 0 Å². The van der Waals surface area contributed by atoms with E-state index in [0.29, 0.717) is 49.8 Å². The second kappa shape index (κ2) is 9.56. The van der Waals surface area contributed by atoms with Gasteiger partial charge in [-0.3, -0.25) is 14.3 Å². The van der Waals surface area contributed by atoms with Gasteiger partial charge in [-0.05, 0) is 18.4 Å². The SMILES string of the molecule is COCCNC(=O)c1nn(CCC(C)C)c2c1CN(C(=O)c1c[nH]c3ccccc13)CC2. The molecule has 170 valence electrons. The maximum absolute atomic E-state index is 13.4. The fraction of sp³-hybridized carbons (Fsp3) is 0.458. The van der Waals surface area contributed by atoms with Crippen molar-refractivity contribution in [3.8, 4) is 0 Å². The average Bonchev–Trinajstić information content (AvgIpc) is 3.38. The number of aryl methyl sites for hydroxylation is 1. The number of rotatable bonds is 8. The number of nitrogens with zero attached hydrogens (tertiary/aromatic N) is 3. The van der Waals surface area contributed by atoms with Crippen LogP contribution >= 0.6 is 0 Å². The summed E-state index contributed by atoms with van der Waals surface area (Å²) < 4.78 is 7.01. The summed E-state index contributed by atoms with van der Waals surface area (Å²) in [6, 6.07) is 7.79. The normalized spacial score (nSPS) is 13.6. The molecule has 2 aromatic heterocycles. The van der Waals surface area contributed by atoms with Gasteiger partial charge in [-0.2, -0.15) is 5.10 Å². The van der Waals surface area contributed by atoms with Gasteiger partial charge >= 0.3 is 0 Å². The number of benzene rings is 1. The molecule has 32 heavy (non-hydrogen) atoms. The number of carbonyl (C=O) groups excluding carboxylic acids is 2. The van der Waals surface area contributed by atoms with Crippen LogP contribution in [-0.2, 0) is 24.2 Å². The summed E-state index contributed by atoms with van der Waals surface area (Å²) in [4.78, 5) is 31.2. The van der Waals surface area contributed by atoms with Crippen molar-refractivity contribution in [2.45, 2.75) is 39.8 Å². The molecule has 0 fully saturated rings. The maximum Gasteiger partial charge on any atom is 0.272 e. The van der Waals surface area contributed by atoms with Gasteiger partial charge in [-0.1, -0.05) is 32.0 Å². The molecule has 0 aliphatic carbocycles. The first kappa shape index (κ1) is 22.1. The number of amides is 2. The first-order valence-corrected chi connectivity index (χ1v) is 11.2. The van der Waals surface area contributed by atoms with Crippen molar-refractivity contribution in [1.82, 2.24) is 25.0 Å². The van der Waals surface area contributed by atoms with Crippen LogP contribution in [0, 0.1) is 5.92 Å².